The first-order chi connectivity index (χ1) is 5.54. The van der Waals surface area contributed by atoms with Crippen molar-refractivity contribution in [1.82, 2.24) is 0 Å². The molecule has 1 rings (SSSR count). The van der Waals surface area contributed by atoms with Crippen LogP contribution in [0.3, 0.4) is 0 Å². The van der Waals surface area contributed by atoms with E-state index in [1.54, 1.807) is 6.07 Å². The van der Waals surface area contributed by atoms with E-state index in [0.29, 0.717) is 9.78 Å². The van der Waals surface area contributed by atoms with Gasteiger partial charge >= 0.3 is 5.69 Å². The number of hydrogen-bond acceptors (Lipinski definition) is 3. The van der Waals surface area contributed by atoms with E-state index in [9.17, 15) is 15.2 Å². The molecule has 4 nitrogen and oxygen atoms in total. The molecule has 0 aliphatic rings. The minimum Gasteiger partial charge on any atom is -0.501 e. The molecule has 0 radical (unpaired) electrons. The van der Waals surface area contributed by atoms with Gasteiger partial charge in [-0.2, -0.15) is 0 Å². The summed E-state index contributed by atoms with van der Waals surface area (Å²) in [5.74, 6) is -0.340. The molecule has 0 fully saturated rings. The summed E-state index contributed by atoms with van der Waals surface area (Å²) in [6.07, 6.45) is 0. The Bertz CT molecular complexity index is 342. The van der Waals surface area contributed by atoms with Crippen molar-refractivity contribution in [3.8, 4) is 5.75 Å². The van der Waals surface area contributed by atoms with Gasteiger partial charge in [0.05, 0.1) is 14.7 Å². The number of hydrogen-bond donors (Lipinski definition) is 1. The molecule has 0 spiro atoms. The zero-order chi connectivity index (χ0) is 9.30. The van der Waals surface area contributed by atoms with Crippen molar-refractivity contribution >= 4 is 36.2 Å². The monoisotopic (exact) mass is 249 g/mol. The van der Waals surface area contributed by atoms with E-state index >= 15 is 0 Å². The van der Waals surface area contributed by atoms with Crippen LogP contribution < -0.4 is 5.30 Å². The molecule has 1 aromatic rings. The molecule has 1 atom stereocenters. The van der Waals surface area contributed by atoms with Crippen LogP contribution in [0, 0.1) is 10.1 Å². The van der Waals surface area contributed by atoms with Gasteiger partial charge in [-0.3, -0.25) is 10.1 Å². The van der Waals surface area contributed by atoms with E-state index in [2.05, 4.69) is 25.2 Å². The number of nitro benzene ring substituents is 1. The molecule has 1 aromatic carbocycles. The topological polar surface area (TPSA) is 63.4 Å². The lowest BCUT2D eigenvalue weighted by atomic mass is 10.3. The molecular formula is C6H5BrNO3P. The summed E-state index contributed by atoms with van der Waals surface area (Å²) >= 11 is 2.98. The highest BCUT2D eigenvalue weighted by Crippen LogP contribution is 2.32. The normalized spacial score (nSPS) is 9.83. The molecule has 0 saturated heterocycles. The van der Waals surface area contributed by atoms with Crippen LogP contribution in [0.15, 0.2) is 16.6 Å². The van der Waals surface area contributed by atoms with Crippen molar-refractivity contribution in [3.05, 3.63) is 26.7 Å². The molecule has 0 heterocycles. The summed E-state index contributed by atoms with van der Waals surface area (Å²) in [4.78, 5) is 9.78. The molecule has 0 bridgehead atoms. The van der Waals surface area contributed by atoms with E-state index in [1.807, 2.05) is 0 Å². The molecule has 6 heteroatoms. The molecule has 0 aromatic heterocycles. The Morgan fingerprint density at radius 1 is 1.58 bits per heavy atom. The van der Waals surface area contributed by atoms with Crippen LogP contribution in [0.4, 0.5) is 5.69 Å². The molecule has 0 saturated carbocycles. The van der Waals surface area contributed by atoms with E-state index in [4.69, 9.17) is 0 Å². The maximum absolute atomic E-state index is 10.4. The number of aromatic hydroxyl groups is 1. The average Bonchev–Trinajstić information content (AvgIpc) is 1.97. The molecule has 0 aliphatic heterocycles. The van der Waals surface area contributed by atoms with Crippen LogP contribution in [-0.2, 0) is 0 Å². The van der Waals surface area contributed by atoms with Crippen LogP contribution in [0.2, 0.25) is 0 Å². The summed E-state index contributed by atoms with van der Waals surface area (Å²) < 4.78 is 0.320. The highest BCUT2D eigenvalue weighted by Gasteiger charge is 2.18. The molecule has 12 heavy (non-hydrogen) atoms. The standard InChI is InChI=1S/C6H5BrNO3P/c7-3-1-2-4(12)5(6(3)9)8(10)11/h1-2,9H,12H2. The lowest BCUT2D eigenvalue weighted by Crippen LogP contribution is -2.01. The lowest BCUT2D eigenvalue weighted by molar-refractivity contribution is -0.384. The second-order valence-corrected chi connectivity index (χ2v) is 3.57. The van der Waals surface area contributed by atoms with Crippen LogP contribution in [0.5, 0.6) is 5.75 Å². The number of phenols is 1. The number of nitrogens with zero attached hydrogens (tertiary/aromatic N) is 1. The quantitative estimate of drug-likeness (QED) is 0.467. The van der Waals surface area contributed by atoms with Crippen molar-refractivity contribution in [2.45, 2.75) is 0 Å². The van der Waals surface area contributed by atoms with E-state index in [-0.39, 0.29) is 11.4 Å². The fourth-order valence-electron chi connectivity index (χ4n) is 0.763. The first-order valence-corrected chi connectivity index (χ1v) is 4.32. The van der Waals surface area contributed by atoms with E-state index < -0.39 is 4.92 Å². The maximum atomic E-state index is 10.4. The third-order valence-corrected chi connectivity index (χ3v) is 2.42. The molecule has 0 amide bonds. The first kappa shape index (κ1) is 9.42. The second-order valence-electron chi connectivity index (χ2n) is 2.09. The number of halogens is 1. The maximum Gasteiger partial charge on any atom is 0.318 e. The van der Waals surface area contributed by atoms with Gasteiger partial charge in [-0.15, -0.1) is 0 Å². The van der Waals surface area contributed by atoms with Crippen molar-refractivity contribution < 1.29 is 10.0 Å². The lowest BCUT2D eigenvalue weighted by Gasteiger charge is -2.00. The molecular weight excluding hydrogens is 245 g/mol. The number of nitro groups is 1. The average molecular weight is 250 g/mol. The van der Waals surface area contributed by atoms with Crippen molar-refractivity contribution in [2.75, 3.05) is 0 Å². The highest BCUT2D eigenvalue weighted by atomic mass is 79.9. The van der Waals surface area contributed by atoms with Crippen LogP contribution in [-0.4, -0.2) is 10.0 Å². The fourth-order valence-corrected chi connectivity index (χ4v) is 1.42. The second kappa shape index (κ2) is 3.37. The molecule has 0 aliphatic carbocycles. The number of phenolic OH excluding ortho intramolecular Hbond substituents is 1. The Morgan fingerprint density at radius 2 is 2.17 bits per heavy atom. The number of rotatable bonds is 1. The molecule has 64 valence electrons. The summed E-state index contributed by atoms with van der Waals surface area (Å²) in [6, 6.07) is 3.08. The van der Waals surface area contributed by atoms with Gasteiger partial charge in [-0.25, -0.2) is 0 Å². The minimum absolute atomic E-state index is 0.283. The van der Waals surface area contributed by atoms with Gasteiger partial charge in [0.2, 0.25) is 5.75 Å². The molecule has 1 N–H and O–H groups in total. The summed E-state index contributed by atoms with van der Waals surface area (Å²) in [5, 5.41) is 20.0. The predicted octanol–water partition coefficient (Wildman–Crippen LogP) is 1.56. The van der Waals surface area contributed by atoms with Gasteiger partial charge in [-0.1, -0.05) is 9.24 Å². The Balaban J connectivity index is 3.43. The van der Waals surface area contributed by atoms with Gasteiger partial charge in [0.25, 0.3) is 0 Å². The van der Waals surface area contributed by atoms with Crippen LogP contribution >= 0.6 is 25.2 Å². The minimum atomic E-state index is -0.623. The fraction of sp³-hybridized carbons (Fsp3) is 0. The Hall–Kier alpha value is -0.670. The summed E-state index contributed by atoms with van der Waals surface area (Å²) in [5.41, 5.74) is -0.283. The Kier molecular flexibility index (Phi) is 2.65. The van der Waals surface area contributed by atoms with Crippen molar-refractivity contribution in [1.29, 1.82) is 0 Å². The highest BCUT2D eigenvalue weighted by molar-refractivity contribution is 9.10. The summed E-state index contributed by atoms with van der Waals surface area (Å²) in [6.45, 7) is 0. The zero-order valence-corrected chi connectivity index (χ0v) is 8.56. The Morgan fingerprint density at radius 3 is 2.58 bits per heavy atom. The van der Waals surface area contributed by atoms with E-state index in [1.165, 1.54) is 6.07 Å². The first-order valence-electron chi connectivity index (χ1n) is 2.95. The van der Waals surface area contributed by atoms with Crippen molar-refractivity contribution in [2.24, 2.45) is 0 Å². The largest absolute Gasteiger partial charge is 0.501 e. The summed E-state index contributed by atoms with van der Waals surface area (Å²) in [7, 11) is 2.19. The van der Waals surface area contributed by atoms with Gasteiger partial charge < -0.3 is 5.11 Å². The third kappa shape index (κ3) is 1.57. The van der Waals surface area contributed by atoms with E-state index in [0.717, 1.165) is 0 Å². The molecule has 1 unspecified atom stereocenters. The van der Waals surface area contributed by atoms with Crippen LogP contribution in [0.25, 0.3) is 0 Å². The zero-order valence-electron chi connectivity index (χ0n) is 5.82. The predicted molar refractivity (Wildman–Crippen MR) is 51.8 cm³/mol. The SMILES string of the molecule is O=[N+]([O-])c1c(P)ccc(Br)c1O. The number of benzene rings is 1. The Labute approximate surface area is 79.1 Å². The van der Waals surface area contributed by atoms with Gasteiger partial charge in [0.1, 0.15) is 0 Å². The van der Waals surface area contributed by atoms with Gasteiger partial charge in [0.15, 0.2) is 0 Å². The third-order valence-electron chi connectivity index (χ3n) is 1.32. The van der Waals surface area contributed by atoms with Crippen LogP contribution in [0.1, 0.15) is 0 Å². The smallest absolute Gasteiger partial charge is 0.318 e. The van der Waals surface area contributed by atoms with Crippen molar-refractivity contribution in [3.63, 3.8) is 0 Å². The van der Waals surface area contributed by atoms with Gasteiger partial charge in [0, 0.05) is 0 Å². The van der Waals surface area contributed by atoms with Gasteiger partial charge in [-0.05, 0) is 28.1 Å².